The third-order valence-corrected chi connectivity index (χ3v) is 4.58. The molecule has 2 aliphatic carbocycles. The van der Waals surface area contributed by atoms with Crippen LogP contribution in [0.3, 0.4) is 0 Å². The minimum atomic E-state index is -0.120. The molecule has 1 fully saturated rings. The zero-order chi connectivity index (χ0) is 12.0. The molecule has 2 atom stereocenters. The lowest BCUT2D eigenvalue weighted by atomic mass is 9.69. The second-order valence-corrected chi connectivity index (χ2v) is 5.71. The zero-order valence-electron chi connectivity index (χ0n) is 10.3. The number of hydrogen-bond donors (Lipinski definition) is 0. The van der Waals surface area contributed by atoms with Crippen LogP contribution >= 0.6 is 0 Å². The van der Waals surface area contributed by atoms with Gasteiger partial charge in [-0.25, -0.2) is 0 Å². The summed E-state index contributed by atoms with van der Waals surface area (Å²) in [5.41, 5.74) is 3.33. The Kier molecular flexibility index (Phi) is 2.25. The van der Waals surface area contributed by atoms with Crippen molar-refractivity contribution >= 4 is 5.78 Å². The van der Waals surface area contributed by atoms with Crippen LogP contribution in [-0.4, -0.2) is 5.78 Å². The van der Waals surface area contributed by atoms with E-state index in [0.29, 0.717) is 11.7 Å². The van der Waals surface area contributed by atoms with Gasteiger partial charge in [0.15, 0.2) is 5.78 Å². The lowest BCUT2D eigenvalue weighted by Gasteiger charge is -2.33. The van der Waals surface area contributed by atoms with Crippen LogP contribution in [-0.2, 0) is 6.42 Å². The van der Waals surface area contributed by atoms with Crippen molar-refractivity contribution in [1.29, 1.82) is 0 Å². The molecule has 1 aromatic carbocycles. The summed E-state index contributed by atoms with van der Waals surface area (Å²) >= 11 is 0. The van der Waals surface area contributed by atoms with Crippen molar-refractivity contribution in [2.45, 2.75) is 32.6 Å². The quantitative estimate of drug-likeness (QED) is 0.615. The molecule has 1 saturated carbocycles. The van der Waals surface area contributed by atoms with Crippen LogP contribution in [0.1, 0.15) is 42.1 Å². The van der Waals surface area contributed by atoms with Gasteiger partial charge in [-0.3, -0.25) is 4.79 Å². The van der Waals surface area contributed by atoms with E-state index in [0.717, 1.165) is 31.2 Å². The third kappa shape index (κ3) is 1.49. The first kappa shape index (κ1) is 10.8. The topological polar surface area (TPSA) is 17.1 Å². The van der Waals surface area contributed by atoms with Gasteiger partial charge in [0, 0.05) is 11.0 Å². The Morgan fingerprint density at radius 1 is 1.35 bits per heavy atom. The number of benzene rings is 1. The maximum absolute atomic E-state index is 12.7. The molecule has 88 valence electrons. The Hall–Kier alpha value is -1.37. The van der Waals surface area contributed by atoms with E-state index in [1.807, 2.05) is 18.2 Å². The van der Waals surface area contributed by atoms with Gasteiger partial charge in [0.1, 0.15) is 0 Å². The van der Waals surface area contributed by atoms with Gasteiger partial charge in [-0.1, -0.05) is 43.3 Å². The molecule has 1 nitrogen and oxygen atoms in total. The molecule has 1 spiro atoms. The molecule has 17 heavy (non-hydrogen) atoms. The zero-order valence-corrected chi connectivity index (χ0v) is 10.3. The Morgan fingerprint density at radius 2 is 2.12 bits per heavy atom. The lowest BCUT2D eigenvalue weighted by molar-refractivity contribution is 0.0762. The molecule has 0 saturated heterocycles. The molecule has 0 aromatic heterocycles. The van der Waals surface area contributed by atoms with Gasteiger partial charge in [0.25, 0.3) is 0 Å². The Bertz CT molecular complexity index is 500. The average molecular weight is 226 g/mol. The minimum Gasteiger partial charge on any atom is -0.294 e. The van der Waals surface area contributed by atoms with E-state index in [4.69, 9.17) is 0 Å². The molecule has 0 amide bonds. The molecule has 0 aliphatic heterocycles. The fourth-order valence-electron chi connectivity index (χ4n) is 3.51. The molecule has 2 unspecified atom stereocenters. The largest absolute Gasteiger partial charge is 0.294 e. The van der Waals surface area contributed by atoms with Crippen LogP contribution in [0.2, 0.25) is 0 Å². The maximum Gasteiger partial charge on any atom is 0.169 e. The van der Waals surface area contributed by atoms with E-state index in [1.165, 1.54) is 11.1 Å². The predicted octanol–water partition coefficient (Wildman–Crippen LogP) is 3.79. The SMILES string of the molecule is C=C1CC2(CCc3ccccc3C2=O)CC1C. The van der Waals surface area contributed by atoms with Crippen molar-refractivity contribution in [3.8, 4) is 0 Å². The van der Waals surface area contributed by atoms with E-state index in [-0.39, 0.29) is 5.41 Å². The van der Waals surface area contributed by atoms with E-state index in [9.17, 15) is 4.79 Å². The van der Waals surface area contributed by atoms with Crippen LogP contribution < -0.4 is 0 Å². The second-order valence-electron chi connectivity index (χ2n) is 5.71. The number of rotatable bonds is 0. The first-order chi connectivity index (χ1) is 8.12. The maximum atomic E-state index is 12.7. The van der Waals surface area contributed by atoms with E-state index in [1.54, 1.807) is 0 Å². The summed E-state index contributed by atoms with van der Waals surface area (Å²) in [6, 6.07) is 8.08. The van der Waals surface area contributed by atoms with E-state index >= 15 is 0 Å². The summed E-state index contributed by atoms with van der Waals surface area (Å²) in [6.45, 7) is 6.32. The van der Waals surface area contributed by atoms with Crippen molar-refractivity contribution in [2.75, 3.05) is 0 Å². The van der Waals surface area contributed by atoms with Crippen LogP contribution in [0.4, 0.5) is 0 Å². The lowest BCUT2D eigenvalue weighted by Crippen LogP contribution is -2.33. The number of ketones is 1. The predicted molar refractivity (Wildman–Crippen MR) is 69.1 cm³/mol. The van der Waals surface area contributed by atoms with Crippen molar-refractivity contribution in [3.05, 3.63) is 47.5 Å². The number of fused-ring (bicyclic) bond motifs is 1. The number of allylic oxidation sites excluding steroid dienone is 1. The fourth-order valence-corrected chi connectivity index (χ4v) is 3.51. The monoisotopic (exact) mass is 226 g/mol. The summed E-state index contributed by atoms with van der Waals surface area (Å²) in [6.07, 6.45) is 3.95. The van der Waals surface area contributed by atoms with Gasteiger partial charge in [-0.2, -0.15) is 0 Å². The summed E-state index contributed by atoms with van der Waals surface area (Å²) in [7, 11) is 0. The van der Waals surface area contributed by atoms with Gasteiger partial charge >= 0.3 is 0 Å². The standard InChI is InChI=1S/C16H18O/c1-11-9-16(10-12(11)2)8-7-13-5-3-4-6-14(13)15(16)17/h3-6,12H,1,7-10H2,2H3. The molecule has 0 radical (unpaired) electrons. The first-order valence-corrected chi connectivity index (χ1v) is 6.43. The average Bonchev–Trinajstić information content (AvgIpc) is 2.62. The molecule has 0 N–H and O–H groups in total. The highest BCUT2D eigenvalue weighted by Gasteiger charge is 2.47. The van der Waals surface area contributed by atoms with Gasteiger partial charge in [-0.05, 0) is 37.2 Å². The Labute approximate surface area is 103 Å². The number of carbonyl (C=O) groups is 1. The number of aryl methyl sites for hydroxylation is 1. The number of Topliss-reactive ketones (excluding diaryl/α,β-unsaturated/α-hetero) is 1. The number of carbonyl (C=O) groups excluding carboxylic acids is 1. The van der Waals surface area contributed by atoms with Gasteiger partial charge < -0.3 is 0 Å². The van der Waals surface area contributed by atoms with Gasteiger partial charge in [-0.15, -0.1) is 0 Å². The van der Waals surface area contributed by atoms with E-state index in [2.05, 4.69) is 19.6 Å². The smallest absolute Gasteiger partial charge is 0.169 e. The van der Waals surface area contributed by atoms with Crippen molar-refractivity contribution in [3.63, 3.8) is 0 Å². The highest BCUT2D eigenvalue weighted by molar-refractivity contribution is 6.03. The van der Waals surface area contributed by atoms with Crippen LogP contribution in [0.15, 0.2) is 36.4 Å². The first-order valence-electron chi connectivity index (χ1n) is 6.43. The normalized spacial score (nSPS) is 31.9. The minimum absolute atomic E-state index is 0.120. The van der Waals surface area contributed by atoms with Crippen LogP contribution in [0, 0.1) is 11.3 Å². The highest BCUT2D eigenvalue weighted by atomic mass is 16.1. The number of hydrogen-bond acceptors (Lipinski definition) is 1. The molecule has 1 aromatic rings. The Balaban J connectivity index is 2.03. The molecule has 3 rings (SSSR count). The Morgan fingerprint density at radius 3 is 2.82 bits per heavy atom. The fraction of sp³-hybridized carbons (Fsp3) is 0.438. The molecule has 0 bridgehead atoms. The van der Waals surface area contributed by atoms with Crippen molar-refractivity contribution < 1.29 is 4.79 Å². The van der Waals surface area contributed by atoms with E-state index < -0.39 is 0 Å². The summed E-state index contributed by atoms with van der Waals surface area (Å²) in [5.74, 6) is 0.870. The summed E-state index contributed by atoms with van der Waals surface area (Å²) in [5, 5.41) is 0. The van der Waals surface area contributed by atoms with Crippen LogP contribution in [0.25, 0.3) is 0 Å². The molecule has 1 heteroatoms. The van der Waals surface area contributed by atoms with Gasteiger partial charge in [0.2, 0.25) is 0 Å². The molecule has 2 aliphatic rings. The van der Waals surface area contributed by atoms with Crippen molar-refractivity contribution in [2.24, 2.45) is 11.3 Å². The molecular formula is C16H18O. The molecular weight excluding hydrogens is 208 g/mol. The third-order valence-electron chi connectivity index (χ3n) is 4.58. The highest BCUT2D eigenvalue weighted by Crippen LogP contribution is 2.51. The summed E-state index contributed by atoms with van der Waals surface area (Å²) < 4.78 is 0. The summed E-state index contributed by atoms with van der Waals surface area (Å²) in [4.78, 5) is 12.7. The van der Waals surface area contributed by atoms with Crippen molar-refractivity contribution in [1.82, 2.24) is 0 Å². The second kappa shape index (κ2) is 3.56. The van der Waals surface area contributed by atoms with Crippen LogP contribution in [0.5, 0.6) is 0 Å². The van der Waals surface area contributed by atoms with Gasteiger partial charge in [0.05, 0.1) is 0 Å². The molecule has 0 heterocycles.